The van der Waals surface area contributed by atoms with Gasteiger partial charge in [-0.25, -0.2) is 4.39 Å². The minimum absolute atomic E-state index is 0.199. The number of aromatic nitrogens is 2. The molecule has 0 spiro atoms. The van der Waals surface area contributed by atoms with Gasteiger partial charge in [-0.15, -0.1) is 11.8 Å². The predicted octanol–water partition coefficient (Wildman–Crippen LogP) is 3.13. The van der Waals surface area contributed by atoms with Gasteiger partial charge in [0.2, 0.25) is 0 Å². The molecule has 0 aliphatic carbocycles. The van der Waals surface area contributed by atoms with Gasteiger partial charge in [-0.3, -0.25) is 9.67 Å². The Hall–Kier alpha value is -2.06. The standard InChI is InChI=1S/C20H30FN5OS/c1-15-19(16(2)26(25-15)11-12-27-4)14-24-20(22-3)23-10-5-13-28-18-8-6-17(21)7-9-18/h6-9H,5,10-14H2,1-4H3,(H2,22,23,24). The number of aliphatic imine (C=N–C) groups is 1. The molecule has 0 bridgehead atoms. The van der Waals surface area contributed by atoms with Gasteiger partial charge in [0, 0.05) is 43.4 Å². The highest BCUT2D eigenvalue weighted by Gasteiger charge is 2.11. The van der Waals surface area contributed by atoms with Gasteiger partial charge in [0.25, 0.3) is 0 Å². The van der Waals surface area contributed by atoms with Crippen molar-refractivity contribution in [2.45, 2.75) is 38.3 Å². The summed E-state index contributed by atoms with van der Waals surface area (Å²) in [6.07, 6.45) is 0.982. The molecule has 1 heterocycles. The average molecular weight is 408 g/mol. The Kier molecular flexibility index (Phi) is 9.30. The van der Waals surface area contributed by atoms with Crippen molar-refractivity contribution in [3.63, 3.8) is 0 Å². The van der Waals surface area contributed by atoms with E-state index >= 15 is 0 Å². The summed E-state index contributed by atoms with van der Waals surface area (Å²) < 4.78 is 20.0. The molecule has 0 radical (unpaired) electrons. The van der Waals surface area contributed by atoms with E-state index in [1.807, 2.05) is 23.7 Å². The minimum Gasteiger partial charge on any atom is -0.383 e. The van der Waals surface area contributed by atoms with Crippen LogP contribution in [0.25, 0.3) is 0 Å². The van der Waals surface area contributed by atoms with Gasteiger partial charge in [-0.05, 0) is 50.3 Å². The van der Waals surface area contributed by atoms with Crippen LogP contribution in [0.5, 0.6) is 0 Å². The first-order chi connectivity index (χ1) is 13.5. The van der Waals surface area contributed by atoms with Crippen LogP contribution >= 0.6 is 11.8 Å². The summed E-state index contributed by atoms with van der Waals surface area (Å²) in [6, 6.07) is 6.61. The van der Waals surface area contributed by atoms with E-state index in [2.05, 4.69) is 27.6 Å². The number of thioether (sulfide) groups is 1. The van der Waals surface area contributed by atoms with E-state index in [1.165, 1.54) is 17.7 Å². The number of nitrogens with zero attached hydrogens (tertiary/aromatic N) is 3. The van der Waals surface area contributed by atoms with Crippen LogP contribution in [-0.2, 0) is 17.8 Å². The molecule has 154 valence electrons. The summed E-state index contributed by atoms with van der Waals surface area (Å²) in [7, 11) is 3.46. The highest BCUT2D eigenvalue weighted by atomic mass is 32.2. The second kappa shape index (κ2) is 11.7. The van der Waals surface area contributed by atoms with Crippen molar-refractivity contribution >= 4 is 17.7 Å². The molecule has 0 aliphatic rings. The number of guanidine groups is 1. The molecular formula is C20H30FN5OS. The Morgan fingerprint density at radius 3 is 2.68 bits per heavy atom. The zero-order valence-electron chi connectivity index (χ0n) is 17.1. The van der Waals surface area contributed by atoms with E-state index in [-0.39, 0.29) is 5.82 Å². The first-order valence-electron chi connectivity index (χ1n) is 9.39. The highest BCUT2D eigenvalue weighted by Crippen LogP contribution is 2.18. The summed E-state index contributed by atoms with van der Waals surface area (Å²) >= 11 is 1.72. The van der Waals surface area contributed by atoms with E-state index < -0.39 is 0 Å². The fraction of sp³-hybridized carbons (Fsp3) is 0.500. The van der Waals surface area contributed by atoms with E-state index in [1.54, 1.807) is 25.9 Å². The number of halogens is 1. The van der Waals surface area contributed by atoms with Crippen molar-refractivity contribution in [1.29, 1.82) is 0 Å². The maximum atomic E-state index is 12.9. The molecule has 8 heteroatoms. The van der Waals surface area contributed by atoms with Crippen molar-refractivity contribution in [2.75, 3.05) is 33.1 Å². The number of hydrogen-bond donors (Lipinski definition) is 2. The normalized spacial score (nSPS) is 11.7. The molecule has 0 aliphatic heterocycles. The summed E-state index contributed by atoms with van der Waals surface area (Å²) in [6.45, 7) is 7.00. The second-order valence-electron chi connectivity index (χ2n) is 6.37. The molecular weight excluding hydrogens is 377 g/mol. The van der Waals surface area contributed by atoms with Crippen molar-refractivity contribution in [2.24, 2.45) is 4.99 Å². The molecule has 28 heavy (non-hydrogen) atoms. The molecule has 6 nitrogen and oxygen atoms in total. The molecule has 2 N–H and O–H groups in total. The van der Waals surface area contributed by atoms with Gasteiger partial charge >= 0.3 is 0 Å². The van der Waals surface area contributed by atoms with Crippen LogP contribution in [-0.4, -0.2) is 48.8 Å². The molecule has 0 atom stereocenters. The average Bonchev–Trinajstić information content (AvgIpc) is 2.97. The lowest BCUT2D eigenvalue weighted by molar-refractivity contribution is 0.182. The SMILES string of the molecule is CN=C(NCCCSc1ccc(F)cc1)NCc1c(C)nn(CCOC)c1C. The maximum absolute atomic E-state index is 12.9. The van der Waals surface area contributed by atoms with Crippen LogP contribution < -0.4 is 10.6 Å². The molecule has 0 saturated heterocycles. The second-order valence-corrected chi connectivity index (χ2v) is 7.54. The number of benzene rings is 1. The van der Waals surface area contributed by atoms with E-state index in [0.717, 1.165) is 47.5 Å². The lowest BCUT2D eigenvalue weighted by Gasteiger charge is -2.12. The number of hydrogen-bond acceptors (Lipinski definition) is 4. The van der Waals surface area contributed by atoms with Gasteiger partial charge in [0.05, 0.1) is 18.8 Å². The first-order valence-corrected chi connectivity index (χ1v) is 10.4. The lowest BCUT2D eigenvalue weighted by atomic mass is 10.2. The smallest absolute Gasteiger partial charge is 0.191 e. The Balaban J connectivity index is 1.72. The van der Waals surface area contributed by atoms with Gasteiger partial charge < -0.3 is 15.4 Å². The number of nitrogens with one attached hydrogen (secondary N) is 2. The molecule has 0 amide bonds. The summed E-state index contributed by atoms with van der Waals surface area (Å²) in [4.78, 5) is 5.37. The van der Waals surface area contributed by atoms with Crippen LogP contribution in [0.4, 0.5) is 4.39 Å². The molecule has 1 aromatic heterocycles. The number of rotatable bonds is 10. The van der Waals surface area contributed by atoms with Gasteiger partial charge in [-0.2, -0.15) is 5.10 Å². The third kappa shape index (κ3) is 6.83. The fourth-order valence-electron chi connectivity index (χ4n) is 2.78. The van der Waals surface area contributed by atoms with Gasteiger partial charge in [0.1, 0.15) is 5.82 Å². The number of ether oxygens (including phenoxy) is 1. The number of aryl methyl sites for hydroxylation is 1. The van der Waals surface area contributed by atoms with Crippen molar-refractivity contribution in [3.8, 4) is 0 Å². The largest absolute Gasteiger partial charge is 0.383 e. The van der Waals surface area contributed by atoms with Crippen molar-refractivity contribution in [1.82, 2.24) is 20.4 Å². The predicted molar refractivity (Wildman–Crippen MR) is 114 cm³/mol. The highest BCUT2D eigenvalue weighted by molar-refractivity contribution is 7.99. The summed E-state index contributed by atoms with van der Waals surface area (Å²) in [5, 5.41) is 11.3. The molecule has 2 aromatic rings. The number of methoxy groups -OCH3 is 1. The van der Waals surface area contributed by atoms with Crippen LogP contribution in [0.15, 0.2) is 34.2 Å². The first kappa shape index (κ1) is 22.2. The third-order valence-corrected chi connectivity index (χ3v) is 5.49. The zero-order valence-corrected chi connectivity index (χ0v) is 17.9. The van der Waals surface area contributed by atoms with Crippen LogP contribution in [0.1, 0.15) is 23.4 Å². The lowest BCUT2D eigenvalue weighted by Crippen LogP contribution is -2.37. The monoisotopic (exact) mass is 407 g/mol. The van der Waals surface area contributed by atoms with Crippen LogP contribution in [0.2, 0.25) is 0 Å². The Morgan fingerprint density at radius 1 is 1.25 bits per heavy atom. The van der Waals surface area contributed by atoms with E-state index in [9.17, 15) is 4.39 Å². The topological polar surface area (TPSA) is 63.5 Å². The summed E-state index contributed by atoms with van der Waals surface area (Å²) in [5.41, 5.74) is 3.35. The third-order valence-electron chi connectivity index (χ3n) is 4.39. The molecule has 0 fully saturated rings. The maximum Gasteiger partial charge on any atom is 0.191 e. The Morgan fingerprint density at radius 2 is 2.00 bits per heavy atom. The van der Waals surface area contributed by atoms with Crippen molar-refractivity contribution < 1.29 is 9.13 Å². The Bertz CT molecular complexity index is 761. The van der Waals surface area contributed by atoms with Crippen LogP contribution in [0.3, 0.4) is 0 Å². The molecule has 0 saturated carbocycles. The van der Waals surface area contributed by atoms with Crippen molar-refractivity contribution in [3.05, 3.63) is 47.0 Å². The van der Waals surface area contributed by atoms with E-state index in [0.29, 0.717) is 13.2 Å². The van der Waals surface area contributed by atoms with E-state index in [4.69, 9.17) is 4.74 Å². The molecule has 0 unspecified atom stereocenters. The minimum atomic E-state index is -0.199. The molecule has 2 rings (SSSR count). The van der Waals surface area contributed by atoms with Gasteiger partial charge in [-0.1, -0.05) is 0 Å². The summed E-state index contributed by atoms with van der Waals surface area (Å²) in [5.74, 6) is 1.53. The molecule has 1 aromatic carbocycles. The van der Waals surface area contributed by atoms with Gasteiger partial charge in [0.15, 0.2) is 5.96 Å². The Labute approximate surface area is 171 Å². The zero-order chi connectivity index (χ0) is 20.4. The fourth-order valence-corrected chi connectivity index (χ4v) is 3.63. The quantitative estimate of drug-likeness (QED) is 0.274. The van der Waals surface area contributed by atoms with Crippen LogP contribution in [0, 0.1) is 19.7 Å².